The van der Waals surface area contributed by atoms with Gasteiger partial charge in [-0.1, -0.05) is 95.2 Å². The zero-order valence-corrected chi connectivity index (χ0v) is 30.7. The first kappa shape index (κ1) is 42.9. The standard InChI is InChI=1S/C30H20N2O4.C16H9NO2/c1-9-15-29(13-5)19-17-27(7,11-3)23(33)31(25(29)35)21-22-32-24(34)28(8,12-4)18-20-30(14-6,16-10-2)26(32)36;1-6-10-16(8-3)12-11-15(5,7-2)13(18)17(9-4)14(16)19/h3-6H,21-22H2,1-2,7-8H3;2-4H,1,5H3. The van der Waals surface area contributed by atoms with Crippen molar-refractivity contribution < 1.29 is 28.8 Å². The summed E-state index contributed by atoms with van der Waals surface area (Å²) in [5.41, 5.74) is -10.6. The Bertz CT molecular complexity index is 2430. The van der Waals surface area contributed by atoms with Gasteiger partial charge in [0.15, 0.2) is 16.2 Å². The SMILES string of the molecule is C#CC1(C)C#CC(C#C)(C#CC)C(=O)N(CCN2C(=O)C(C)(C#C)C#CC(C#C)(C#CC)C2=O)C1=O.C#CN1C(=O)C(C)(C#C)C#CC(C#C)(C#CC)C1=O. The number of amides is 6. The largest absolute Gasteiger partial charge is 0.284 e. The van der Waals surface area contributed by atoms with Gasteiger partial charge in [-0.3, -0.25) is 38.6 Å². The number of hydrogen-bond acceptors (Lipinski definition) is 6. The lowest BCUT2D eigenvalue weighted by atomic mass is 9.88. The maximum Gasteiger partial charge on any atom is 0.284 e. The maximum atomic E-state index is 13.5. The van der Waals surface area contributed by atoms with Gasteiger partial charge >= 0.3 is 0 Å². The molecule has 264 valence electrons. The zero-order chi connectivity index (χ0) is 42.0. The fourth-order valence-corrected chi connectivity index (χ4v) is 4.83. The molecule has 0 bridgehead atoms. The van der Waals surface area contributed by atoms with Crippen molar-refractivity contribution in [3.8, 4) is 158 Å². The molecule has 9 nitrogen and oxygen atoms in total. The van der Waals surface area contributed by atoms with E-state index < -0.39 is 81.0 Å². The molecule has 6 amide bonds. The predicted octanol–water partition coefficient (Wildman–Crippen LogP) is 0.527. The second-order valence-electron chi connectivity index (χ2n) is 12.0. The Morgan fingerprint density at radius 2 is 0.727 bits per heavy atom. The molecule has 9 heteroatoms. The summed E-state index contributed by atoms with van der Waals surface area (Å²) in [5, 5.41) is 0. The van der Waals surface area contributed by atoms with Crippen molar-refractivity contribution in [3.05, 3.63) is 0 Å². The molecule has 0 aliphatic carbocycles. The highest BCUT2D eigenvalue weighted by Gasteiger charge is 2.51. The van der Waals surface area contributed by atoms with Gasteiger partial charge in [-0.25, -0.2) is 4.90 Å². The lowest BCUT2D eigenvalue weighted by molar-refractivity contribution is -0.155. The molecule has 3 aliphatic heterocycles. The van der Waals surface area contributed by atoms with Crippen LogP contribution in [0.25, 0.3) is 0 Å². The molecule has 0 spiro atoms. The van der Waals surface area contributed by atoms with Crippen molar-refractivity contribution in [2.24, 2.45) is 32.5 Å². The van der Waals surface area contributed by atoms with Crippen LogP contribution < -0.4 is 0 Å². The van der Waals surface area contributed by atoms with Crippen molar-refractivity contribution in [1.29, 1.82) is 0 Å². The first-order valence-corrected chi connectivity index (χ1v) is 15.7. The molecule has 0 fully saturated rings. The van der Waals surface area contributed by atoms with Crippen LogP contribution in [0.2, 0.25) is 0 Å². The summed E-state index contributed by atoms with van der Waals surface area (Å²) in [4.78, 5) is 80.0. The minimum absolute atomic E-state index is 0.495. The second-order valence-corrected chi connectivity index (χ2v) is 12.0. The summed E-state index contributed by atoms with van der Waals surface area (Å²) in [6.45, 7) is 7.51. The highest BCUT2D eigenvalue weighted by atomic mass is 16.2. The third-order valence-corrected chi connectivity index (χ3v) is 8.26. The fraction of sp³-hybridized carbons (Fsp3) is 0.304. The molecule has 55 heavy (non-hydrogen) atoms. The van der Waals surface area contributed by atoms with E-state index in [9.17, 15) is 28.8 Å². The van der Waals surface area contributed by atoms with Gasteiger partial charge in [0, 0.05) is 19.1 Å². The van der Waals surface area contributed by atoms with Crippen LogP contribution in [0.4, 0.5) is 0 Å². The van der Waals surface area contributed by atoms with Crippen LogP contribution in [-0.2, 0) is 28.8 Å². The topological polar surface area (TPSA) is 112 Å². The van der Waals surface area contributed by atoms with Crippen LogP contribution in [-0.4, -0.2) is 63.2 Å². The molecule has 6 atom stereocenters. The van der Waals surface area contributed by atoms with Crippen LogP contribution in [0.3, 0.4) is 0 Å². The van der Waals surface area contributed by atoms with E-state index in [1.165, 1.54) is 41.5 Å². The summed E-state index contributed by atoms with van der Waals surface area (Å²) < 4.78 is 0. The number of rotatable bonds is 3. The first-order chi connectivity index (χ1) is 25.8. The molecule has 3 heterocycles. The highest BCUT2D eigenvalue weighted by molar-refractivity contribution is 6.11. The summed E-state index contributed by atoms with van der Waals surface area (Å²) >= 11 is 0. The number of carbonyl (C=O) groups is 6. The van der Waals surface area contributed by atoms with Gasteiger partial charge in [0.25, 0.3) is 35.4 Å². The summed E-state index contributed by atoms with van der Waals surface area (Å²) in [5.74, 6) is 38.9. The van der Waals surface area contributed by atoms with Gasteiger partial charge in [0.2, 0.25) is 16.2 Å². The van der Waals surface area contributed by atoms with Gasteiger partial charge < -0.3 is 0 Å². The first-order valence-electron chi connectivity index (χ1n) is 15.7. The predicted molar refractivity (Wildman–Crippen MR) is 202 cm³/mol. The summed E-state index contributed by atoms with van der Waals surface area (Å²) in [7, 11) is 0. The van der Waals surface area contributed by atoms with Gasteiger partial charge in [-0.05, 0) is 41.5 Å². The lowest BCUT2D eigenvalue weighted by Gasteiger charge is -2.32. The molecule has 0 aromatic carbocycles. The summed E-state index contributed by atoms with van der Waals surface area (Å²) in [6, 6.07) is 1.98. The normalized spacial score (nSPS) is 29.8. The molecule has 3 aliphatic rings. The van der Waals surface area contributed by atoms with E-state index in [0.29, 0.717) is 4.90 Å². The van der Waals surface area contributed by atoms with Crippen molar-refractivity contribution in [1.82, 2.24) is 14.7 Å². The lowest BCUT2D eigenvalue weighted by Crippen LogP contribution is -2.54. The molecule has 0 aromatic heterocycles. The third kappa shape index (κ3) is 7.25. The van der Waals surface area contributed by atoms with Crippen LogP contribution in [0.15, 0.2) is 0 Å². The molecule has 0 saturated heterocycles. The van der Waals surface area contributed by atoms with Crippen molar-refractivity contribution in [2.75, 3.05) is 13.1 Å². The minimum atomic E-state index is -1.96. The number of terminal acetylenes is 7. The molecule has 0 N–H and O–H groups in total. The van der Waals surface area contributed by atoms with Gasteiger partial charge in [0.05, 0.1) is 0 Å². The molecular weight excluding hydrogens is 691 g/mol. The van der Waals surface area contributed by atoms with Crippen LogP contribution in [0.1, 0.15) is 41.5 Å². The Morgan fingerprint density at radius 1 is 0.436 bits per heavy atom. The fourth-order valence-electron chi connectivity index (χ4n) is 4.83. The molecular formula is C46H29N3O6. The van der Waals surface area contributed by atoms with Gasteiger partial charge in [0.1, 0.15) is 0 Å². The average Bonchev–Trinajstić information content (AvgIpc) is 3.36. The molecule has 6 unspecified atom stereocenters. The maximum absolute atomic E-state index is 13.5. The van der Waals surface area contributed by atoms with Crippen LogP contribution >= 0.6 is 0 Å². The molecule has 0 saturated carbocycles. The quantitative estimate of drug-likeness (QED) is 0.311. The summed E-state index contributed by atoms with van der Waals surface area (Å²) in [6.07, 6.45) is 38.2. The van der Waals surface area contributed by atoms with E-state index >= 15 is 0 Å². The number of nitrogens with zero attached hydrogens (tertiary/aromatic N) is 3. The van der Waals surface area contributed by atoms with E-state index in [1.54, 1.807) is 0 Å². The van der Waals surface area contributed by atoms with Gasteiger partial charge in [-0.15, -0.1) is 56.3 Å². The average molecular weight is 720 g/mol. The highest BCUT2D eigenvalue weighted by Crippen LogP contribution is 2.32. The smallest absolute Gasteiger partial charge is 0.276 e. The Balaban J connectivity index is 0.000000462. The van der Waals surface area contributed by atoms with E-state index in [-0.39, 0.29) is 0 Å². The van der Waals surface area contributed by atoms with Crippen molar-refractivity contribution in [3.63, 3.8) is 0 Å². The number of hydrogen-bond donors (Lipinski definition) is 0. The van der Waals surface area contributed by atoms with E-state index in [4.69, 9.17) is 45.0 Å². The Labute approximate surface area is 322 Å². The molecule has 0 radical (unpaired) electrons. The number of carbonyl (C=O) groups excluding carboxylic acids is 6. The Hall–Kier alpha value is -8.30. The number of imide groups is 3. The van der Waals surface area contributed by atoms with E-state index in [2.05, 4.69) is 107 Å². The Kier molecular flexibility index (Phi) is 12.4. The van der Waals surface area contributed by atoms with Crippen LogP contribution in [0.5, 0.6) is 0 Å². The molecule has 3 rings (SSSR count). The van der Waals surface area contributed by atoms with E-state index in [1.807, 2.05) is 6.04 Å². The Morgan fingerprint density at radius 3 is 0.982 bits per heavy atom. The van der Waals surface area contributed by atoms with Gasteiger partial charge in [-0.2, -0.15) is 0 Å². The molecule has 0 aromatic rings. The van der Waals surface area contributed by atoms with Crippen molar-refractivity contribution >= 4 is 35.4 Å². The minimum Gasteiger partial charge on any atom is -0.276 e. The second kappa shape index (κ2) is 15.9. The van der Waals surface area contributed by atoms with E-state index in [0.717, 1.165) is 9.80 Å². The zero-order valence-electron chi connectivity index (χ0n) is 30.7. The monoisotopic (exact) mass is 719 g/mol. The third-order valence-electron chi connectivity index (χ3n) is 8.26. The van der Waals surface area contributed by atoms with Crippen LogP contribution in [0, 0.1) is 190 Å². The van der Waals surface area contributed by atoms with Crippen molar-refractivity contribution in [2.45, 2.75) is 41.5 Å².